The van der Waals surface area contributed by atoms with Crippen molar-refractivity contribution in [1.82, 2.24) is 14.5 Å². The molecule has 6 nitrogen and oxygen atoms in total. The van der Waals surface area contributed by atoms with Crippen LogP contribution in [0.25, 0.3) is 10.9 Å². The Balaban J connectivity index is 1.73. The summed E-state index contributed by atoms with van der Waals surface area (Å²) in [5, 5.41) is 1.66. The SMILES string of the molecule is COc1ccc(Cn2c(SCc3ccc(Cl)nc3)nc3ccccc3c2=O)cc1OC. The molecule has 0 amide bonds. The van der Waals surface area contributed by atoms with E-state index in [0.29, 0.717) is 45.0 Å². The molecule has 0 aliphatic rings. The van der Waals surface area contributed by atoms with E-state index in [4.69, 9.17) is 26.1 Å². The first kappa shape index (κ1) is 21.2. The van der Waals surface area contributed by atoms with Crippen molar-refractivity contribution < 1.29 is 9.47 Å². The highest BCUT2D eigenvalue weighted by Crippen LogP contribution is 2.29. The number of aromatic nitrogens is 3. The minimum absolute atomic E-state index is 0.0860. The van der Waals surface area contributed by atoms with Crippen LogP contribution in [-0.4, -0.2) is 28.8 Å². The van der Waals surface area contributed by atoms with Crippen LogP contribution in [0.15, 0.2) is 70.7 Å². The smallest absolute Gasteiger partial charge is 0.262 e. The van der Waals surface area contributed by atoms with Gasteiger partial charge in [0.25, 0.3) is 5.56 Å². The molecule has 2 aromatic carbocycles. The van der Waals surface area contributed by atoms with E-state index in [1.807, 2.05) is 42.5 Å². The lowest BCUT2D eigenvalue weighted by Crippen LogP contribution is -2.24. The lowest BCUT2D eigenvalue weighted by atomic mass is 10.2. The number of para-hydroxylation sites is 1. The minimum Gasteiger partial charge on any atom is -0.493 e. The van der Waals surface area contributed by atoms with E-state index in [1.54, 1.807) is 37.1 Å². The number of ether oxygens (including phenoxy) is 2. The van der Waals surface area contributed by atoms with Gasteiger partial charge in [-0.2, -0.15) is 0 Å². The van der Waals surface area contributed by atoms with Crippen LogP contribution >= 0.6 is 23.4 Å². The molecule has 0 fully saturated rings. The Hall–Kier alpha value is -3.03. The number of nitrogens with zero attached hydrogens (tertiary/aromatic N) is 3. The Morgan fingerprint density at radius 2 is 1.77 bits per heavy atom. The number of thioether (sulfide) groups is 1. The number of benzene rings is 2. The third-order valence-electron chi connectivity index (χ3n) is 4.77. The minimum atomic E-state index is -0.0860. The first-order valence-corrected chi connectivity index (χ1v) is 10.9. The van der Waals surface area contributed by atoms with Gasteiger partial charge in [-0.15, -0.1) is 0 Å². The largest absolute Gasteiger partial charge is 0.493 e. The molecule has 0 aliphatic heterocycles. The van der Waals surface area contributed by atoms with Gasteiger partial charge in [-0.05, 0) is 41.5 Å². The normalized spacial score (nSPS) is 10.9. The standard InChI is InChI=1S/C23H20ClN3O3S/c1-29-19-9-7-15(11-20(19)30-2)13-27-22(28)17-5-3-4-6-18(17)26-23(27)31-14-16-8-10-21(24)25-12-16/h3-12H,13-14H2,1-2H3. The molecule has 0 aliphatic carbocycles. The number of fused-ring (bicyclic) bond motifs is 1. The van der Waals surface area contributed by atoms with Crippen LogP contribution < -0.4 is 15.0 Å². The molecule has 0 bridgehead atoms. The first-order valence-electron chi connectivity index (χ1n) is 9.52. The van der Waals surface area contributed by atoms with Crippen molar-refractivity contribution in [2.75, 3.05) is 14.2 Å². The Morgan fingerprint density at radius 1 is 1.00 bits per heavy atom. The fourth-order valence-corrected chi connectivity index (χ4v) is 4.24. The van der Waals surface area contributed by atoms with Crippen molar-refractivity contribution in [2.24, 2.45) is 0 Å². The summed E-state index contributed by atoms with van der Waals surface area (Å²) in [5.74, 6) is 1.87. The van der Waals surface area contributed by atoms with Gasteiger partial charge in [-0.3, -0.25) is 9.36 Å². The van der Waals surface area contributed by atoms with Crippen LogP contribution in [0.2, 0.25) is 5.15 Å². The summed E-state index contributed by atoms with van der Waals surface area (Å²) in [7, 11) is 3.18. The van der Waals surface area contributed by atoms with Gasteiger partial charge in [0.15, 0.2) is 16.7 Å². The number of pyridine rings is 1. The third kappa shape index (κ3) is 4.68. The summed E-state index contributed by atoms with van der Waals surface area (Å²) in [6, 6.07) is 16.7. The number of halogens is 1. The maximum absolute atomic E-state index is 13.3. The van der Waals surface area contributed by atoms with E-state index in [-0.39, 0.29) is 5.56 Å². The lowest BCUT2D eigenvalue weighted by molar-refractivity contribution is 0.354. The Morgan fingerprint density at radius 3 is 2.52 bits per heavy atom. The van der Waals surface area contributed by atoms with Crippen molar-refractivity contribution in [2.45, 2.75) is 17.5 Å². The van der Waals surface area contributed by atoms with Crippen LogP contribution in [0.3, 0.4) is 0 Å². The molecule has 158 valence electrons. The summed E-state index contributed by atoms with van der Waals surface area (Å²) >= 11 is 7.37. The second kappa shape index (κ2) is 9.41. The Kier molecular flexibility index (Phi) is 6.44. The Bertz CT molecular complexity index is 1280. The number of rotatable bonds is 7. The van der Waals surface area contributed by atoms with Crippen molar-refractivity contribution in [3.05, 3.63) is 87.4 Å². The van der Waals surface area contributed by atoms with E-state index < -0.39 is 0 Å². The van der Waals surface area contributed by atoms with Gasteiger partial charge in [-0.1, -0.05) is 47.6 Å². The van der Waals surface area contributed by atoms with Gasteiger partial charge in [0.1, 0.15) is 5.15 Å². The molecule has 8 heteroatoms. The molecule has 0 radical (unpaired) electrons. The summed E-state index contributed by atoms with van der Waals surface area (Å²) < 4.78 is 12.4. The van der Waals surface area contributed by atoms with E-state index in [0.717, 1.165) is 11.1 Å². The maximum Gasteiger partial charge on any atom is 0.262 e. The highest BCUT2D eigenvalue weighted by Gasteiger charge is 2.14. The molecule has 0 spiro atoms. The highest BCUT2D eigenvalue weighted by atomic mass is 35.5. The zero-order valence-electron chi connectivity index (χ0n) is 17.0. The molecule has 0 atom stereocenters. The van der Waals surface area contributed by atoms with Crippen LogP contribution in [0.1, 0.15) is 11.1 Å². The van der Waals surface area contributed by atoms with Crippen molar-refractivity contribution in [1.29, 1.82) is 0 Å². The van der Waals surface area contributed by atoms with Crippen LogP contribution in [0, 0.1) is 0 Å². The summed E-state index contributed by atoms with van der Waals surface area (Å²) in [6.45, 7) is 0.359. The van der Waals surface area contributed by atoms with Gasteiger partial charge in [0.05, 0.1) is 31.7 Å². The first-order chi connectivity index (χ1) is 15.1. The van der Waals surface area contributed by atoms with E-state index in [2.05, 4.69) is 4.98 Å². The van der Waals surface area contributed by atoms with Gasteiger partial charge in [0.2, 0.25) is 0 Å². The zero-order chi connectivity index (χ0) is 21.8. The predicted octanol–water partition coefficient (Wildman–Crippen LogP) is 4.80. The van der Waals surface area contributed by atoms with Gasteiger partial charge in [-0.25, -0.2) is 9.97 Å². The molecule has 0 unspecified atom stereocenters. The van der Waals surface area contributed by atoms with Gasteiger partial charge in [0, 0.05) is 11.9 Å². The number of hydrogen-bond donors (Lipinski definition) is 0. The van der Waals surface area contributed by atoms with E-state index >= 15 is 0 Å². The molecule has 31 heavy (non-hydrogen) atoms. The van der Waals surface area contributed by atoms with Gasteiger partial charge >= 0.3 is 0 Å². The summed E-state index contributed by atoms with van der Waals surface area (Å²) in [5.41, 5.74) is 2.49. The van der Waals surface area contributed by atoms with Crippen molar-refractivity contribution >= 4 is 34.3 Å². The third-order valence-corrected chi connectivity index (χ3v) is 6.04. The predicted molar refractivity (Wildman–Crippen MR) is 123 cm³/mol. The molecule has 0 saturated carbocycles. The van der Waals surface area contributed by atoms with Crippen LogP contribution in [0.4, 0.5) is 0 Å². The summed E-state index contributed by atoms with van der Waals surface area (Å²) in [6.07, 6.45) is 1.73. The summed E-state index contributed by atoms with van der Waals surface area (Å²) in [4.78, 5) is 22.2. The monoisotopic (exact) mass is 453 g/mol. The maximum atomic E-state index is 13.3. The van der Waals surface area contributed by atoms with Crippen LogP contribution in [0.5, 0.6) is 11.5 Å². The molecule has 4 rings (SSSR count). The number of hydrogen-bond acceptors (Lipinski definition) is 6. The van der Waals surface area contributed by atoms with Crippen molar-refractivity contribution in [3.63, 3.8) is 0 Å². The molecular formula is C23H20ClN3O3S. The molecule has 0 saturated heterocycles. The fraction of sp³-hybridized carbons (Fsp3) is 0.174. The Labute approximate surface area is 188 Å². The second-order valence-corrected chi connectivity index (χ2v) is 8.10. The average Bonchev–Trinajstić information content (AvgIpc) is 2.80. The average molecular weight is 454 g/mol. The molecule has 0 N–H and O–H groups in total. The van der Waals surface area contributed by atoms with Gasteiger partial charge < -0.3 is 9.47 Å². The van der Waals surface area contributed by atoms with Crippen molar-refractivity contribution in [3.8, 4) is 11.5 Å². The zero-order valence-corrected chi connectivity index (χ0v) is 18.6. The van der Waals surface area contributed by atoms with E-state index in [1.165, 1.54) is 11.8 Å². The quantitative estimate of drug-likeness (QED) is 0.227. The molecule has 4 aromatic rings. The lowest BCUT2D eigenvalue weighted by Gasteiger charge is -2.15. The molecule has 2 aromatic heterocycles. The second-order valence-electron chi connectivity index (χ2n) is 6.77. The topological polar surface area (TPSA) is 66.2 Å². The highest BCUT2D eigenvalue weighted by molar-refractivity contribution is 7.98. The number of methoxy groups -OCH3 is 2. The fourth-order valence-electron chi connectivity index (χ4n) is 3.20. The van der Waals surface area contributed by atoms with Crippen LogP contribution in [-0.2, 0) is 12.3 Å². The molecule has 2 heterocycles. The van der Waals surface area contributed by atoms with E-state index in [9.17, 15) is 4.79 Å². The molecular weight excluding hydrogens is 434 g/mol.